The summed E-state index contributed by atoms with van der Waals surface area (Å²) in [5, 5.41) is 24.0. The Balaban J connectivity index is 2.32. The van der Waals surface area contributed by atoms with E-state index in [1.54, 1.807) is 12.1 Å². The minimum Gasteiger partial charge on any atom is -0.504 e. The van der Waals surface area contributed by atoms with Crippen molar-refractivity contribution in [2.75, 3.05) is 20.7 Å². The summed E-state index contributed by atoms with van der Waals surface area (Å²) in [5.74, 6) is 0.503. The highest BCUT2D eigenvalue weighted by molar-refractivity contribution is 5.43. The van der Waals surface area contributed by atoms with Crippen LogP contribution in [0.25, 0.3) is 0 Å². The van der Waals surface area contributed by atoms with Crippen LogP contribution in [-0.4, -0.2) is 36.5 Å². The minimum absolute atomic E-state index is 0.0609. The third kappa shape index (κ3) is 2.97. The van der Waals surface area contributed by atoms with Crippen LogP contribution in [0.4, 0.5) is 0 Å². The molecule has 1 aliphatic rings. The second-order valence-electron chi connectivity index (χ2n) is 5.36. The molecular formula is C16H23NO3. The van der Waals surface area contributed by atoms with Crippen LogP contribution in [0.1, 0.15) is 30.7 Å². The molecule has 2 rings (SSSR count). The van der Waals surface area contributed by atoms with Crippen molar-refractivity contribution in [2.24, 2.45) is 0 Å². The van der Waals surface area contributed by atoms with E-state index in [9.17, 15) is 10.2 Å². The van der Waals surface area contributed by atoms with Gasteiger partial charge in [0.25, 0.3) is 0 Å². The number of aromatic hydroxyl groups is 1. The van der Waals surface area contributed by atoms with Crippen molar-refractivity contribution in [3.8, 4) is 11.5 Å². The van der Waals surface area contributed by atoms with Crippen LogP contribution in [0.5, 0.6) is 11.5 Å². The first-order chi connectivity index (χ1) is 9.60. The van der Waals surface area contributed by atoms with Crippen molar-refractivity contribution in [2.45, 2.75) is 30.8 Å². The van der Waals surface area contributed by atoms with Gasteiger partial charge in [0.1, 0.15) is 0 Å². The molecule has 1 aromatic rings. The first-order valence-electron chi connectivity index (χ1n) is 6.99. The smallest absolute Gasteiger partial charge is 0.160 e. The molecule has 0 fully saturated rings. The van der Waals surface area contributed by atoms with Crippen molar-refractivity contribution in [1.82, 2.24) is 5.32 Å². The second kappa shape index (κ2) is 6.29. The van der Waals surface area contributed by atoms with Gasteiger partial charge in [0.15, 0.2) is 11.5 Å². The second-order valence-corrected chi connectivity index (χ2v) is 5.36. The monoisotopic (exact) mass is 277 g/mol. The zero-order chi connectivity index (χ0) is 14.6. The summed E-state index contributed by atoms with van der Waals surface area (Å²) in [6, 6.07) is 5.35. The van der Waals surface area contributed by atoms with Crippen molar-refractivity contribution in [3.05, 3.63) is 35.9 Å². The Labute approximate surface area is 120 Å². The molecule has 3 N–H and O–H groups in total. The number of likely N-dealkylation sites (N-methyl/N-ethyl adjacent to an activating group) is 1. The standard InChI is InChI=1S/C16H23NO3/c1-17-11-13(16(19)8-4-3-5-9-16)12-6-7-15(20-2)14(18)10-12/h3-4,6-7,10,13,17-19H,5,8-9,11H2,1-2H3. The summed E-state index contributed by atoms with van der Waals surface area (Å²) in [7, 11) is 3.40. The molecule has 0 bridgehead atoms. The number of phenolic OH excluding ortho intramolecular Hbond substituents is 1. The number of aliphatic hydroxyl groups is 1. The molecule has 1 aromatic carbocycles. The predicted molar refractivity (Wildman–Crippen MR) is 79.3 cm³/mol. The van der Waals surface area contributed by atoms with Gasteiger partial charge in [-0.3, -0.25) is 0 Å². The molecule has 110 valence electrons. The molecule has 1 aliphatic carbocycles. The molecule has 2 atom stereocenters. The summed E-state index contributed by atoms with van der Waals surface area (Å²) in [6.07, 6.45) is 6.42. The van der Waals surface area contributed by atoms with Gasteiger partial charge in [-0.1, -0.05) is 18.2 Å². The fourth-order valence-corrected chi connectivity index (χ4v) is 2.90. The van der Waals surface area contributed by atoms with Gasteiger partial charge < -0.3 is 20.3 Å². The summed E-state index contributed by atoms with van der Waals surface area (Å²) >= 11 is 0. The summed E-state index contributed by atoms with van der Waals surface area (Å²) in [4.78, 5) is 0. The predicted octanol–water partition coefficient (Wildman–Crippen LogP) is 2.17. The van der Waals surface area contributed by atoms with E-state index in [0.717, 1.165) is 18.4 Å². The Kier molecular flexibility index (Phi) is 4.68. The minimum atomic E-state index is -0.765. The van der Waals surface area contributed by atoms with E-state index >= 15 is 0 Å². The summed E-state index contributed by atoms with van der Waals surface area (Å²) < 4.78 is 5.07. The molecule has 0 saturated heterocycles. The topological polar surface area (TPSA) is 61.7 Å². The SMILES string of the molecule is CNCC(c1ccc(OC)c(O)c1)C1(O)CC=CCC1. The van der Waals surface area contributed by atoms with Crippen LogP contribution in [0.2, 0.25) is 0 Å². The Morgan fingerprint density at radius 2 is 2.20 bits per heavy atom. The Bertz CT molecular complexity index is 487. The average molecular weight is 277 g/mol. The molecule has 0 aliphatic heterocycles. The maximum Gasteiger partial charge on any atom is 0.160 e. The van der Waals surface area contributed by atoms with E-state index in [4.69, 9.17) is 4.74 Å². The van der Waals surface area contributed by atoms with Crippen LogP contribution in [0.3, 0.4) is 0 Å². The molecule has 20 heavy (non-hydrogen) atoms. The Morgan fingerprint density at radius 3 is 2.75 bits per heavy atom. The van der Waals surface area contributed by atoms with E-state index in [1.165, 1.54) is 7.11 Å². The summed E-state index contributed by atoms with van der Waals surface area (Å²) in [6.45, 7) is 0.663. The molecule has 0 radical (unpaired) electrons. The first kappa shape index (κ1) is 14.9. The number of phenols is 1. The lowest BCUT2D eigenvalue weighted by Crippen LogP contribution is -2.41. The number of allylic oxidation sites excluding steroid dienone is 1. The van der Waals surface area contributed by atoms with Gasteiger partial charge in [0.05, 0.1) is 12.7 Å². The average Bonchev–Trinajstić information content (AvgIpc) is 2.45. The highest BCUT2D eigenvalue weighted by atomic mass is 16.5. The third-order valence-corrected chi connectivity index (χ3v) is 4.04. The van der Waals surface area contributed by atoms with E-state index < -0.39 is 5.60 Å². The molecular weight excluding hydrogens is 254 g/mol. The number of nitrogens with one attached hydrogen (secondary N) is 1. The number of methoxy groups -OCH3 is 1. The van der Waals surface area contributed by atoms with Crippen LogP contribution in [-0.2, 0) is 0 Å². The van der Waals surface area contributed by atoms with Crippen molar-refractivity contribution in [3.63, 3.8) is 0 Å². The highest BCUT2D eigenvalue weighted by Crippen LogP contribution is 2.39. The lowest BCUT2D eigenvalue weighted by atomic mass is 9.75. The molecule has 4 heteroatoms. The molecule has 0 amide bonds. The van der Waals surface area contributed by atoms with Gasteiger partial charge in [-0.15, -0.1) is 0 Å². The summed E-state index contributed by atoms with van der Waals surface area (Å²) in [5.41, 5.74) is 0.161. The van der Waals surface area contributed by atoms with Crippen LogP contribution in [0.15, 0.2) is 30.4 Å². The van der Waals surface area contributed by atoms with Gasteiger partial charge in [-0.05, 0) is 44.0 Å². The van der Waals surface area contributed by atoms with Gasteiger partial charge in [0.2, 0.25) is 0 Å². The van der Waals surface area contributed by atoms with Crippen molar-refractivity contribution < 1.29 is 14.9 Å². The molecule has 4 nitrogen and oxygen atoms in total. The van der Waals surface area contributed by atoms with Crippen molar-refractivity contribution >= 4 is 0 Å². The highest BCUT2D eigenvalue weighted by Gasteiger charge is 2.37. The maximum absolute atomic E-state index is 10.9. The molecule has 0 saturated carbocycles. The quantitative estimate of drug-likeness (QED) is 0.722. The van der Waals surface area contributed by atoms with Gasteiger partial charge in [-0.25, -0.2) is 0 Å². The van der Waals surface area contributed by atoms with Crippen LogP contribution < -0.4 is 10.1 Å². The van der Waals surface area contributed by atoms with E-state index in [0.29, 0.717) is 18.7 Å². The molecule has 0 spiro atoms. The van der Waals surface area contributed by atoms with Crippen LogP contribution >= 0.6 is 0 Å². The van der Waals surface area contributed by atoms with E-state index in [2.05, 4.69) is 11.4 Å². The largest absolute Gasteiger partial charge is 0.504 e. The zero-order valence-corrected chi connectivity index (χ0v) is 12.1. The fraction of sp³-hybridized carbons (Fsp3) is 0.500. The lowest BCUT2D eigenvalue weighted by Gasteiger charge is -2.37. The van der Waals surface area contributed by atoms with Gasteiger partial charge in [-0.2, -0.15) is 0 Å². The number of rotatable bonds is 5. The zero-order valence-electron chi connectivity index (χ0n) is 12.1. The number of hydrogen-bond donors (Lipinski definition) is 3. The van der Waals surface area contributed by atoms with Crippen molar-refractivity contribution in [1.29, 1.82) is 0 Å². The number of benzene rings is 1. The molecule has 0 aromatic heterocycles. The molecule has 0 heterocycles. The number of hydrogen-bond acceptors (Lipinski definition) is 4. The maximum atomic E-state index is 10.9. The normalized spacial score (nSPS) is 23.6. The third-order valence-electron chi connectivity index (χ3n) is 4.04. The fourth-order valence-electron chi connectivity index (χ4n) is 2.90. The van der Waals surface area contributed by atoms with E-state index in [1.807, 2.05) is 19.2 Å². The van der Waals surface area contributed by atoms with Crippen LogP contribution in [0, 0.1) is 0 Å². The van der Waals surface area contributed by atoms with Gasteiger partial charge in [0, 0.05) is 12.5 Å². The first-order valence-corrected chi connectivity index (χ1v) is 6.99. The Morgan fingerprint density at radius 1 is 1.40 bits per heavy atom. The van der Waals surface area contributed by atoms with E-state index in [-0.39, 0.29) is 11.7 Å². The lowest BCUT2D eigenvalue weighted by molar-refractivity contribution is 0.00381. The van der Waals surface area contributed by atoms with Gasteiger partial charge >= 0.3 is 0 Å². The molecule has 2 unspecified atom stereocenters. The Hall–Kier alpha value is -1.52. The number of ether oxygens (including phenoxy) is 1.